The fourth-order valence-corrected chi connectivity index (χ4v) is 3.65. The fraction of sp³-hybridized carbons (Fsp3) is 0.500. The van der Waals surface area contributed by atoms with Crippen molar-refractivity contribution in [2.45, 2.75) is 13.0 Å². The van der Waals surface area contributed by atoms with Crippen molar-refractivity contribution >= 4 is 22.4 Å². The first-order valence-corrected chi connectivity index (χ1v) is 8.27. The molecular formula is C12H17BFNO4S. The first-order valence-electron chi connectivity index (χ1n) is 6.45. The van der Waals surface area contributed by atoms with Crippen LogP contribution in [0.1, 0.15) is 12.0 Å². The summed E-state index contributed by atoms with van der Waals surface area (Å²) in [4.78, 5) is 1.93. The summed E-state index contributed by atoms with van der Waals surface area (Å²) in [6.07, 6.45) is 0.556. The lowest BCUT2D eigenvalue weighted by atomic mass is 9.77. The second-order valence-corrected chi connectivity index (χ2v) is 7.30. The molecule has 1 saturated heterocycles. The van der Waals surface area contributed by atoms with Gasteiger partial charge in [-0.15, -0.1) is 0 Å². The maximum atomic E-state index is 13.1. The van der Waals surface area contributed by atoms with Crippen LogP contribution >= 0.6 is 0 Å². The van der Waals surface area contributed by atoms with Crippen LogP contribution in [0.25, 0.3) is 0 Å². The van der Waals surface area contributed by atoms with Crippen LogP contribution in [0.2, 0.25) is 0 Å². The number of rotatable bonds is 3. The molecule has 8 heteroatoms. The van der Waals surface area contributed by atoms with Crippen molar-refractivity contribution < 1.29 is 22.9 Å². The molecule has 110 valence electrons. The fourth-order valence-electron chi connectivity index (χ4n) is 2.34. The molecular weight excluding hydrogens is 284 g/mol. The third-order valence-corrected chi connectivity index (χ3v) is 5.14. The van der Waals surface area contributed by atoms with Gasteiger partial charge in [0.15, 0.2) is 9.84 Å². The predicted molar refractivity (Wildman–Crippen MR) is 74.8 cm³/mol. The standard InChI is InChI=1S/C12H17BFNO4S/c14-11-3-2-10(12(8-11)13(16)17)9-15-4-1-6-20(18,19)7-5-15/h2-3,8,16-17H,1,4-7,9H2. The average molecular weight is 301 g/mol. The van der Waals surface area contributed by atoms with Gasteiger partial charge in [0, 0.05) is 13.1 Å². The highest BCUT2D eigenvalue weighted by Crippen LogP contribution is 2.10. The smallest absolute Gasteiger partial charge is 0.423 e. The molecule has 1 aromatic carbocycles. The summed E-state index contributed by atoms with van der Waals surface area (Å²) in [6.45, 7) is 1.40. The Bertz CT molecular complexity index is 579. The van der Waals surface area contributed by atoms with Crippen molar-refractivity contribution in [3.8, 4) is 0 Å². The quantitative estimate of drug-likeness (QED) is 0.710. The van der Waals surface area contributed by atoms with Gasteiger partial charge in [0.25, 0.3) is 0 Å². The third kappa shape index (κ3) is 4.02. The SMILES string of the molecule is O=S1(=O)CCCN(Cc2ccc(F)cc2B(O)O)CC1. The van der Waals surface area contributed by atoms with Gasteiger partial charge >= 0.3 is 7.12 Å². The molecule has 1 aliphatic heterocycles. The Morgan fingerprint density at radius 3 is 2.70 bits per heavy atom. The molecule has 1 aliphatic rings. The Balaban J connectivity index is 2.14. The van der Waals surface area contributed by atoms with E-state index in [0.717, 1.165) is 6.07 Å². The molecule has 0 amide bonds. The van der Waals surface area contributed by atoms with Crippen LogP contribution in [0.5, 0.6) is 0 Å². The average Bonchev–Trinajstić information content (AvgIpc) is 2.53. The van der Waals surface area contributed by atoms with E-state index >= 15 is 0 Å². The minimum atomic E-state index is -2.98. The number of hydrogen-bond acceptors (Lipinski definition) is 5. The van der Waals surface area contributed by atoms with Gasteiger partial charge in [-0.25, -0.2) is 12.8 Å². The zero-order valence-electron chi connectivity index (χ0n) is 11.0. The van der Waals surface area contributed by atoms with Crippen LogP contribution in [0, 0.1) is 5.82 Å². The van der Waals surface area contributed by atoms with E-state index in [4.69, 9.17) is 0 Å². The van der Waals surface area contributed by atoms with Crippen molar-refractivity contribution in [3.63, 3.8) is 0 Å². The van der Waals surface area contributed by atoms with Gasteiger partial charge in [0.05, 0.1) is 11.5 Å². The zero-order valence-corrected chi connectivity index (χ0v) is 11.8. The van der Waals surface area contributed by atoms with Crippen LogP contribution in [0.15, 0.2) is 18.2 Å². The summed E-state index contributed by atoms with van der Waals surface area (Å²) in [5.74, 6) is -0.247. The van der Waals surface area contributed by atoms with E-state index in [9.17, 15) is 22.9 Å². The molecule has 1 fully saturated rings. The molecule has 0 spiro atoms. The van der Waals surface area contributed by atoms with Crippen molar-refractivity contribution in [1.82, 2.24) is 4.90 Å². The Hall–Kier alpha value is -0.955. The van der Waals surface area contributed by atoms with Crippen molar-refractivity contribution in [3.05, 3.63) is 29.6 Å². The maximum absolute atomic E-state index is 13.1. The van der Waals surface area contributed by atoms with E-state index in [1.807, 2.05) is 4.90 Å². The highest BCUT2D eigenvalue weighted by molar-refractivity contribution is 7.91. The van der Waals surface area contributed by atoms with Crippen LogP contribution in [-0.2, 0) is 16.4 Å². The largest absolute Gasteiger partial charge is 0.488 e. The predicted octanol–water partition coefficient (Wildman–Crippen LogP) is -0.874. The molecule has 0 aromatic heterocycles. The summed E-state index contributed by atoms with van der Waals surface area (Å²) in [6, 6.07) is 3.86. The number of halogens is 1. The maximum Gasteiger partial charge on any atom is 0.488 e. The Morgan fingerprint density at radius 1 is 1.25 bits per heavy atom. The summed E-state index contributed by atoms with van der Waals surface area (Å²) in [5.41, 5.74) is 0.720. The van der Waals surface area contributed by atoms with Crippen LogP contribution in [0.4, 0.5) is 4.39 Å². The van der Waals surface area contributed by atoms with E-state index in [1.165, 1.54) is 12.1 Å². The Labute approximate surface area is 118 Å². The normalized spacial score (nSPS) is 19.6. The highest BCUT2D eigenvalue weighted by Gasteiger charge is 2.22. The first kappa shape index (κ1) is 15.4. The molecule has 1 aromatic rings. The summed E-state index contributed by atoms with van der Waals surface area (Å²) in [7, 11) is -4.72. The number of sulfone groups is 1. The third-order valence-electron chi connectivity index (χ3n) is 3.43. The monoisotopic (exact) mass is 301 g/mol. The molecule has 0 aliphatic carbocycles. The lowest BCUT2D eigenvalue weighted by Gasteiger charge is -2.21. The second-order valence-electron chi connectivity index (χ2n) is 5.00. The topological polar surface area (TPSA) is 77.8 Å². The van der Waals surface area contributed by atoms with Gasteiger partial charge in [0.1, 0.15) is 5.82 Å². The Kier molecular flexibility index (Phi) is 4.80. The van der Waals surface area contributed by atoms with E-state index in [0.29, 0.717) is 31.6 Å². The molecule has 5 nitrogen and oxygen atoms in total. The number of nitrogens with zero attached hydrogens (tertiary/aromatic N) is 1. The van der Waals surface area contributed by atoms with Gasteiger partial charge in [-0.2, -0.15) is 0 Å². The Morgan fingerprint density at radius 2 is 2.00 bits per heavy atom. The van der Waals surface area contributed by atoms with E-state index in [1.54, 1.807) is 0 Å². The van der Waals surface area contributed by atoms with Gasteiger partial charge in [-0.1, -0.05) is 6.07 Å². The molecule has 0 atom stereocenters. The lowest BCUT2D eigenvalue weighted by molar-refractivity contribution is 0.287. The summed E-state index contributed by atoms with van der Waals surface area (Å²) >= 11 is 0. The minimum Gasteiger partial charge on any atom is -0.423 e. The van der Waals surface area contributed by atoms with Crippen LogP contribution in [0.3, 0.4) is 0 Å². The molecule has 1 heterocycles. The molecule has 2 N–H and O–H groups in total. The second kappa shape index (κ2) is 6.21. The van der Waals surface area contributed by atoms with Gasteiger partial charge in [-0.3, -0.25) is 4.90 Å². The molecule has 0 radical (unpaired) electrons. The highest BCUT2D eigenvalue weighted by atomic mass is 32.2. The summed E-state index contributed by atoms with van der Waals surface area (Å²) in [5, 5.41) is 18.5. The minimum absolute atomic E-state index is 0.102. The summed E-state index contributed by atoms with van der Waals surface area (Å²) < 4.78 is 36.2. The van der Waals surface area contributed by atoms with Crippen molar-refractivity contribution in [2.75, 3.05) is 24.6 Å². The molecule has 2 rings (SSSR count). The van der Waals surface area contributed by atoms with Crippen LogP contribution in [-0.4, -0.2) is 55.1 Å². The van der Waals surface area contributed by atoms with Crippen molar-refractivity contribution in [2.24, 2.45) is 0 Å². The first-order chi connectivity index (χ1) is 9.37. The zero-order chi connectivity index (χ0) is 14.8. The van der Waals surface area contributed by atoms with E-state index in [-0.39, 0.29) is 17.0 Å². The van der Waals surface area contributed by atoms with E-state index < -0.39 is 22.8 Å². The molecule has 0 bridgehead atoms. The van der Waals surface area contributed by atoms with Crippen molar-refractivity contribution in [1.29, 1.82) is 0 Å². The molecule has 20 heavy (non-hydrogen) atoms. The molecule has 0 saturated carbocycles. The van der Waals surface area contributed by atoms with Gasteiger partial charge in [-0.05, 0) is 36.1 Å². The van der Waals surface area contributed by atoms with Crippen LogP contribution < -0.4 is 5.46 Å². The lowest BCUT2D eigenvalue weighted by Crippen LogP contribution is -2.37. The van der Waals surface area contributed by atoms with E-state index in [2.05, 4.69) is 0 Å². The number of benzene rings is 1. The van der Waals surface area contributed by atoms with Gasteiger partial charge in [0.2, 0.25) is 0 Å². The number of hydrogen-bond donors (Lipinski definition) is 2. The molecule has 0 unspecified atom stereocenters. The van der Waals surface area contributed by atoms with Gasteiger partial charge < -0.3 is 10.0 Å².